The van der Waals surface area contributed by atoms with Gasteiger partial charge in [0.2, 0.25) is 0 Å². The smallest absolute Gasteiger partial charge is 0.194 e. The fourth-order valence-electron chi connectivity index (χ4n) is 1.20. The molecule has 0 bridgehead atoms. The van der Waals surface area contributed by atoms with Crippen LogP contribution in [0.5, 0.6) is 0 Å². The van der Waals surface area contributed by atoms with Gasteiger partial charge in [-0.2, -0.15) is 0 Å². The van der Waals surface area contributed by atoms with Gasteiger partial charge in [0.25, 0.3) is 0 Å². The highest BCUT2D eigenvalue weighted by molar-refractivity contribution is 7.17. The Morgan fingerprint density at radius 3 is 3.08 bits per heavy atom. The molecule has 2 rings (SSSR count). The van der Waals surface area contributed by atoms with E-state index in [9.17, 15) is 5.11 Å². The molecule has 0 radical (unpaired) electrons. The summed E-state index contributed by atoms with van der Waals surface area (Å²) in [5.74, 6) is 0. The second kappa shape index (κ2) is 3.10. The lowest BCUT2D eigenvalue weighted by Crippen LogP contribution is -2.09. The normalized spacial score (nSPS) is 13.8. The zero-order chi connectivity index (χ0) is 9.42. The molecule has 70 valence electrons. The minimum absolute atomic E-state index is 0.253. The van der Waals surface area contributed by atoms with E-state index in [0.29, 0.717) is 0 Å². The van der Waals surface area contributed by atoms with Crippen LogP contribution in [0.1, 0.15) is 16.7 Å². The van der Waals surface area contributed by atoms with Crippen molar-refractivity contribution in [2.45, 2.75) is 13.0 Å². The first-order valence-corrected chi connectivity index (χ1v) is 4.85. The van der Waals surface area contributed by atoms with Crippen LogP contribution in [-0.2, 0) is 0 Å². The van der Waals surface area contributed by atoms with Gasteiger partial charge in [-0.05, 0) is 6.92 Å². The molecule has 0 spiro atoms. The zero-order valence-electron chi connectivity index (χ0n) is 7.27. The van der Waals surface area contributed by atoms with E-state index in [4.69, 9.17) is 5.73 Å². The third kappa shape index (κ3) is 1.46. The number of nitrogens with zero attached hydrogens (tertiary/aromatic N) is 2. The Hall–Kier alpha value is -0.910. The van der Waals surface area contributed by atoms with E-state index in [1.807, 2.05) is 23.7 Å². The maximum atomic E-state index is 9.46. The number of hydrogen-bond donors (Lipinski definition) is 2. The molecule has 1 atom stereocenters. The van der Waals surface area contributed by atoms with Gasteiger partial charge in [0.1, 0.15) is 6.10 Å². The molecular formula is C8H11N3OS. The number of aryl methyl sites for hydroxylation is 1. The highest BCUT2D eigenvalue weighted by Gasteiger charge is 2.10. The minimum Gasteiger partial charge on any atom is -0.386 e. The molecule has 0 saturated carbocycles. The van der Waals surface area contributed by atoms with Crippen LogP contribution in [0, 0.1) is 6.92 Å². The van der Waals surface area contributed by atoms with E-state index in [0.717, 1.165) is 15.5 Å². The number of rotatable bonds is 2. The average Bonchev–Trinajstić information content (AvgIpc) is 2.59. The SMILES string of the molecule is Cc1cn2cc(C(O)CN)sc2n1. The van der Waals surface area contributed by atoms with E-state index < -0.39 is 6.10 Å². The van der Waals surface area contributed by atoms with Crippen LogP contribution in [0.3, 0.4) is 0 Å². The molecule has 0 saturated heterocycles. The summed E-state index contributed by atoms with van der Waals surface area (Å²) in [7, 11) is 0. The van der Waals surface area contributed by atoms with Crippen LogP contribution in [0.2, 0.25) is 0 Å². The van der Waals surface area contributed by atoms with Gasteiger partial charge in [-0.15, -0.1) is 0 Å². The Labute approximate surface area is 79.6 Å². The first kappa shape index (κ1) is 8.68. The van der Waals surface area contributed by atoms with Crippen molar-refractivity contribution in [3.8, 4) is 0 Å². The molecule has 2 aromatic heterocycles. The van der Waals surface area contributed by atoms with Crippen molar-refractivity contribution < 1.29 is 5.11 Å². The number of thiazole rings is 1. The van der Waals surface area contributed by atoms with Crippen molar-refractivity contribution in [1.29, 1.82) is 0 Å². The highest BCUT2D eigenvalue weighted by Crippen LogP contribution is 2.22. The number of nitrogens with two attached hydrogens (primary N) is 1. The van der Waals surface area contributed by atoms with Gasteiger partial charge in [-0.25, -0.2) is 4.98 Å². The second-order valence-corrected chi connectivity index (χ2v) is 4.00. The van der Waals surface area contributed by atoms with Crippen molar-refractivity contribution >= 4 is 16.3 Å². The second-order valence-electron chi connectivity index (χ2n) is 2.96. The number of fused-ring (bicyclic) bond motifs is 1. The van der Waals surface area contributed by atoms with Crippen LogP contribution in [0.4, 0.5) is 0 Å². The molecule has 2 aromatic rings. The predicted molar refractivity (Wildman–Crippen MR) is 51.8 cm³/mol. The molecular weight excluding hydrogens is 186 g/mol. The number of imidazole rings is 1. The fourth-order valence-corrected chi connectivity index (χ4v) is 2.21. The minimum atomic E-state index is -0.563. The third-order valence-corrected chi connectivity index (χ3v) is 2.94. The molecule has 5 heteroatoms. The first-order chi connectivity index (χ1) is 6.20. The van der Waals surface area contributed by atoms with Gasteiger partial charge in [-0.1, -0.05) is 11.3 Å². The van der Waals surface area contributed by atoms with E-state index in [-0.39, 0.29) is 6.54 Å². The van der Waals surface area contributed by atoms with Crippen LogP contribution < -0.4 is 5.73 Å². The van der Waals surface area contributed by atoms with Crippen LogP contribution in [0.15, 0.2) is 12.4 Å². The van der Waals surface area contributed by atoms with Gasteiger partial charge in [0, 0.05) is 18.9 Å². The van der Waals surface area contributed by atoms with Crippen LogP contribution in [0.25, 0.3) is 4.96 Å². The monoisotopic (exact) mass is 197 g/mol. The summed E-state index contributed by atoms with van der Waals surface area (Å²) in [6, 6.07) is 0. The number of aromatic nitrogens is 2. The topological polar surface area (TPSA) is 63.5 Å². The maximum absolute atomic E-state index is 9.46. The molecule has 0 aliphatic rings. The Balaban J connectivity index is 2.45. The van der Waals surface area contributed by atoms with E-state index in [1.165, 1.54) is 11.3 Å². The summed E-state index contributed by atoms with van der Waals surface area (Å²) in [5.41, 5.74) is 6.34. The van der Waals surface area contributed by atoms with Crippen molar-refractivity contribution in [2.24, 2.45) is 5.73 Å². The summed E-state index contributed by atoms with van der Waals surface area (Å²) in [6.45, 7) is 2.20. The van der Waals surface area contributed by atoms with Crippen molar-refractivity contribution in [3.05, 3.63) is 23.0 Å². The molecule has 0 aromatic carbocycles. The Bertz CT molecular complexity index is 388. The third-order valence-electron chi connectivity index (χ3n) is 1.85. The number of hydrogen-bond acceptors (Lipinski definition) is 4. The lowest BCUT2D eigenvalue weighted by Gasteiger charge is -2.01. The van der Waals surface area contributed by atoms with Crippen LogP contribution >= 0.6 is 11.3 Å². The Kier molecular flexibility index (Phi) is 2.07. The van der Waals surface area contributed by atoms with Crippen molar-refractivity contribution in [2.75, 3.05) is 6.54 Å². The molecule has 4 nitrogen and oxygen atoms in total. The quantitative estimate of drug-likeness (QED) is 0.744. The molecule has 0 amide bonds. The molecule has 0 fully saturated rings. The Morgan fingerprint density at radius 1 is 1.69 bits per heavy atom. The van der Waals surface area contributed by atoms with E-state index in [1.54, 1.807) is 0 Å². The average molecular weight is 197 g/mol. The number of aliphatic hydroxyl groups is 1. The number of aliphatic hydroxyl groups excluding tert-OH is 1. The van der Waals surface area contributed by atoms with Crippen molar-refractivity contribution in [3.63, 3.8) is 0 Å². The molecule has 2 heterocycles. The summed E-state index contributed by atoms with van der Waals surface area (Å²) < 4.78 is 1.91. The fraction of sp³-hybridized carbons (Fsp3) is 0.375. The van der Waals surface area contributed by atoms with E-state index in [2.05, 4.69) is 4.98 Å². The van der Waals surface area contributed by atoms with Gasteiger partial charge in [0.05, 0.1) is 10.6 Å². The molecule has 0 aliphatic carbocycles. The molecule has 1 unspecified atom stereocenters. The predicted octanol–water partition coefficient (Wildman–Crippen LogP) is 0.696. The standard InChI is InChI=1S/C8H11N3OS/c1-5-3-11-4-7(6(12)2-9)13-8(11)10-5/h3-4,6,12H,2,9H2,1H3. The summed E-state index contributed by atoms with van der Waals surface area (Å²) >= 11 is 1.47. The first-order valence-electron chi connectivity index (χ1n) is 4.04. The largest absolute Gasteiger partial charge is 0.386 e. The zero-order valence-corrected chi connectivity index (χ0v) is 8.08. The van der Waals surface area contributed by atoms with Gasteiger partial charge < -0.3 is 10.8 Å². The van der Waals surface area contributed by atoms with Gasteiger partial charge in [0.15, 0.2) is 4.96 Å². The van der Waals surface area contributed by atoms with Gasteiger partial charge >= 0.3 is 0 Å². The van der Waals surface area contributed by atoms with E-state index >= 15 is 0 Å². The lowest BCUT2D eigenvalue weighted by atomic mass is 10.3. The molecule has 13 heavy (non-hydrogen) atoms. The summed E-state index contributed by atoms with van der Waals surface area (Å²) in [5, 5.41) is 9.46. The molecule has 3 N–H and O–H groups in total. The van der Waals surface area contributed by atoms with Crippen LogP contribution in [-0.4, -0.2) is 21.0 Å². The lowest BCUT2D eigenvalue weighted by molar-refractivity contribution is 0.190. The maximum Gasteiger partial charge on any atom is 0.194 e. The van der Waals surface area contributed by atoms with Crippen molar-refractivity contribution in [1.82, 2.24) is 9.38 Å². The van der Waals surface area contributed by atoms with Gasteiger partial charge in [-0.3, -0.25) is 4.40 Å². The highest BCUT2D eigenvalue weighted by atomic mass is 32.1. The summed E-state index contributed by atoms with van der Waals surface area (Å²) in [4.78, 5) is 6.05. The summed E-state index contributed by atoms with van der Waals surface area (Å²) in [6.07, 6.45) is 3.24. The molecule has 0 aliphatic heterocycles. The Morgan fingerprint density at radius 2 is 2.46 bits per heavy atom.